The molecule has 0 radical (unpaired) electrons. The van der Waals surface area contributed by atoms with Gasteiger partial charge in [0, 0.05) is 0 Å². The molecule has 2 rings (SSSR count). The number of rotatable bonds is 1. The topological polar surface area (TPSA) is 77.0 Å². The van der Waals surface area contributed by atoms with Crippen LogP contribution in [0.5, 0.6) is 0 Å². The van der Waals surface area contributed by atoms with Crippen molar-refractivity contribution in [1.29, 1.82) is 0 Å². The molecule has 1 aliphatic heterocycles. The molecular weight excluding hydrogens is 250 g/mol. The van der Waals surface area contributed by atoms with E-state index in [1.165, 1.54) is 0 Å². The molecule has 0 spiro atoms. The van der Waals surface area contributed by atoms with Crippen molar-refractivity contribution < 1.29 is 24.1 Å². The average molecular weight is 273 g/mol. The van der Waals surface area contributed by atoms with Gasteiger partial charge in [-0.3, -0.25) is 0 Å². The van der Waals surface area contributed by atoms with Crippen LogP contribution in [0.1, 0.15) is 41.0 Å². The maximum atomic E-state index is 11.8. The molecule has 19 heavy (non-hydrogen) atoms. The van der Waals surface area contributed by atoms with Crippen LogP contribution in [0.4, 0.5) is 4.79 Å². The summed E-state index contributed by atoms with van der Waals surface area (Å²) in [4.78, 5) is 11.8. The van der Waals surface area contributed by atoms with Crippen LogP contribution in [0.25, 0.3) is 0 Å². The normalized spacial score (nSPS) is 36.9. The lowest BCUT2D eigenvalue weighted by molar-refractivity contribution is -0.164. The summed E-state index contributed by atoms with van der Waals surface area (Å²) < 4.78 is 16.6. The van der Waals surface area contributed by atoms with Gasteiger partial charge in [0.05, 0.1) is 12.1 Å². The Kier molecular flexibility index (Phi) is 3.53. The molecule has 1 unspecified atom stereocenters. The lowest BCUT2D eigenvalue weighted by Crippen LogP contribution is -2.45. The Hall–Kier alpha value is -0.850. The Labute approximate surface area is 113 Å². The van der Waals surface area contributed by atoms with Crippen molar-refractivity contribution in [3.05, 3.63) is 0 Å². The molecule has 4 atom stereocenters. The van der Waals surface area contributed by atoms with Crippen molar-refractivity contribution in [1.82, 2.24) is 5.32 Å². The molecule has 2 N–H and O–H groups in total. The zero-order chi connectivity index (χ0) is 14.4. The van der Waals surface area contributed by atoms with Gasteiger partial charge in [0.1, 0.15) is 17.8 Å². The summed E-state index contributed by atoms with van der Waals surface area (Å²) in [7, 11) is 0. The Balaban J connectivity index is 1.97. The quantitative estimate of drug-likeness (QED) is 0.750. The van der Waals surface area contributed by atoms with E-state index in [4.69, 9.17) is 14.2 Å². The number of hydrogen-bond donors (Lipinski definition) is 2. The van der Waals surface area contributed by atoms with E-state index in [1.54, 1.807) is 34.6 Å². The highest BCUT2D eigenvalue weighted by molar-refractivity contribution is 5.68. The molecule has 2 aliphatic rings. The number of nitrogens with one attached hydrogen (secondary N) is 1. The summed E-state index contributed by atoms with van der Waals surface area (Å²) in [5.74, 6) is -0.732. The molecule has 6 nitrogen and oxygen atoms in total. The minimum absolute atomic E-state index is 0.295. The predicted octanol–water partition coefficient (Wildman–Crippen LogP) is 1.16. The van der Waals surface area contributed by atoms with Crippen molar-refractivity contribution in [3.8, 4) is 0 Å². The fourth-order valence-electron chi connectivity index (χ4n) is 2.55. The van der Waals surface area contributed by atoms with E-state index in [-0.39, 0.29) is 12.1 Å². The smallest absolute Gasteiger partial charge is 0.407 e. The van der Waals surface area contributed by atoms with Crippen LogP contribution in [0.2, 0.25) is 0 Å². The third kappa shape index (κ3) is 3.38. The largest absolute Gasteiger partial charge is 0.444 e. The van der Waals surface area contributed by atoms with E-state index in [0.29, 0.717) is 6.42 Å². The molecule has 1 heterocycles. The van der Waals surface area contributed by atoms with Crippen LogP contribution in [0, 0.1) is 0 Å². The Bertz CT molecular complexity index is 363. The van der Waals surface area contributed by atoms with Crippen LogP contribution < -0.4 is 5.32 Å². The zero-order valence-corrected chi connectivity index (χ0v) is 12.1. The number of fused-ring (bicyclic) bond motifs is 1. The van der Waals surface area contributed by atoms with Gasteiger partial charge in [-0.1, -0.05) is 0 Å². The molecule has 0 aromatic rings. The molecule has 0 bridgehead atoms. The summed E-state index contributed by atoms with van der Waals surface area (Å²) in [5, 5.41) is 12.7. The van der Waals surface area contributed by atoms with Gasteiger partial charge >= 0.3 is 6.09 Å². The second-order valence-electron chi connectivity index (χ2n) is 6.62. The molecule has 0 aromatic carbocycles. The summed E-state index contributed by atoms with van der Waals surface area (Å²) in [6.07, 6.45) is -1.46. The highest BCUT2D eigenvalue weighted by Gasteiger charge is 2.54. The number of hydrogen-bond acceptors (Lipinski definition) is 5. The van der Waals surface area contributed by atoms with Crippen molar-refractivity contribution in [3.63, 3.8) is 0 Å². The van der Waals surface area contributed by atoms with Gasteiger partial charge in [-0.05, 0) is 41.0 Å². The Morgan fingerprint density at radius 3 is 2.47 bits per heavy atom. The highest BCUT2D eigenvalue weighted by Crippen LogP contribution is 2.38. The molecule has 1 amide bonds. The highest BCUT2D eigenvalue weighted by atomic mass is 16.8. The van der Waals surface area contributed by atoms with Crippen LogP contribution in [0.3, 0.4) is 0 Å². The maximum Gasteiger partial charge on any atom is 0.407 e. The summed E-state index contributed by atoms with van der Waals surface area (Å²) in [6, 6.07) is -0.295. The number of carbonyl (C=O) groups excluding carboxylic acids is 1. The molecule has 0 aromatic heterocycles. The van der Waals surface area contributed by atoms with E-state index in [1.807, 2.05) is 0 Å². The first-order chi connectivity index (χ1) is 8.57. The van der Waals surface area contributed by atoms with E-state index >= 15 is 0 Å². The Morgan fingerprint density at radius 1 is 1.32 bits per heavy atom. The lowest BCUT2D eigenvalue weighted by Gasteiger charge is -2.25. The van der Waals surface area contributed by atoms with E-state index < -0.39 is 29.7 Å². The van der Waals surface area contributed by atoms with Crippen LogP contribution in [0.15, 0.2) is 0 Å². The van der Waals surface area contributed by atoms with Crippen molar-refractivity contribution in [2.24, 2.45) is 0 Å². The van der Waals surface area contributed by atoms with Crippen molar-refractivity contribution in [2.45, 2.75) is 76.8 Å². The van der Waals surface area contributed by atoms with Crippen LogP contribution in [-0.2, 0) is 14.2 Å². The molecule has 1 saturated heterocycles. The first kappa shape index (κ1) is 14.6. The third-order valence-electron chi connectivity index (χ3n) is 3.14. The van der Waals surface area contributed by atoms with E-state index in [2.05, 4.69) is 5.32 Å². The van der Waals surface area contributed by atoms with Gasteiger partial charge in [0.15, 0.2) is 5.79 Å². The summed E-state index contributed by atoms with van der Waals surface area (Å²) in [6.45, 7) is 9.00. The van der Waals surface area contributed by atoms with E-state index in [0.717, 1.165) is 0 Å². The maximum absolute atomic E-state index is 11.8. The van der Waals surface area contributed by atoms with Crippen LogP contribution >= 0.6 is 0 Å². The fraction of sp³-hybridized carbons (Fsp3) is 0.923. The SMILES string of the molecule is CC(C)(C)OC(=O)N[C@@H]1CC(O)[C@H]2OC(C)(C)O[C@H]21. The van der Waals surface area contributed by atoms with Gasteiger partial charge in [-0.2, -0.15) is 0 Å². The molecular formula is C13H23NO5. The van der Waals surface area contributed by atoms with Crippen molar-refractivity contribution >= 4 is 6.09 Å². The molecule has 6 heteroatoms. The van der Waals surface area contributed by atoms with Crippen molar-refractivity contribution in [2.75, 3.05) is 0 Å². The van der Waals surface area contributed by atoms with Gasteiger partial charge in [0.2, 0.25) is 0 Å². The number of amides is 1. The second-order valence-corrected chi connectivity index (χ2v) is 6.62. The predicted molar refractivity (Wildman–Crippen MR) is 67.6 cm³/mol. The molecule has 1 saturated carbocycles. The number of aliphatic hydroxyl groups excluding tert-OH is 1. The van der Waals surface area contributed by atoms with Gasteiger partial charge in [0.25, 0.3) is 0 Å². The third-order valence-corrected chi connectivity index (χ3v) is 3.14. The Morgan fingerprint density at radius 2 is 1.89 bits per heavy atom. The number of carbonyl (C=O) groups is 1. The standard InChI is InChI=1S/C13H23NO5/c1-12(2,3)19-11(16)14-7-6-8(15)10-9(7)17-13(4,5)18-10/h7-10,15H,6H2,1-5H3,(H,14,16)/t7-,8?,9+,10-/m1/s1. The molecule has 2 fully saturated rings. The minimum Gasteiger partial charge on any atom is -0.444 e. The molecule has 1 aliphatic carbocycles. The number of aliphatic hydroxyl groups is 1. The minimum atomic E-state index is -0.732. The average Bonchev–Trinajstić information content (AvgIpc) is 2.61. The van der Waals surface area contributed by atoms with Crippen LogP contribution in [-0.4, -0.2) is 46.9 Å². The zero-order valence-electron chi connectivity index (χ0n) is 12.1. The molecule has 110 valence electrons. The first-order valence-electron chi connectivity index (χ1n) is 6.61. The lowest BCUT2D eigenvalue weighted by atomic mass is 10.2. The number of ether oxygens (including phenoxy) is 3. The number of alkyl carbamates (subject to hydrolysis) is 1. The fourth-order valence-corrected chi connectivity index (χ4v) is 2.55. The van der Waals surface area contributed by atoms with E-state index in [9.17, 15) is 9.90 Å². The van der Waals surface area contributed by atoms with Gasteiger partial charge in [-0.25, -0.2) is 4.79 Å². The summed E-state index contributed by atoms with van der Waals surface area (Å²) in [5.41, 5.74) is -0.549. The second kappa shape index (κ2) is 4.61. The van der Waals surface area contributed by atoms with Gasteiger partial charge < -0.3 is 24.6 Å². The monoisotopic (exact) mass is 273 g/mol. The summed E-state index contributed by atoms with van der Waals surface area (Å²) >= 11 is 0. The first-order valence-corrected chi connectivity index (χ1v) is 6.61. The van der Waals surface area contributed by atoms with Gasteiger partial charge in [-0.15, -0.1) is 0 Å².